The number of hydrogen-bond donors (Lipinski definition) is 1. The zero-order valence-corrected chi connectivity index (χ0v) is 11.7. The third-order valence-corrected chi connectivity index (χ3v) is 3.22. The summed E-state index contributed by atoms with van der Waals surface area (Å²) in [6.07, 6.45) is 8.31. The van der Waals surface area contributed by atoms with E-state index in [2.05, 4.69) is 50.3 Å². The lowest BCUT2D eigenvalue weighted by molar-refractivity contribution is 0.161. The Morgan fingerprint density at radius 3 is 2.67 bits per heavy atom. The molecule has 0 aliphatic rings. The van der Waals surface area contributed by atoms with Crippen LogP contribution in [-0.4, -0.2) is 11.2 Å². The van der Waals surface area contributed by atoms with Crippen LogP contribution in [0.2, 0.25) is 0 Å². The van der Waals surface area contributed by atoms with Gasteiger partial charge in [0.2, 0.25) is 0 Å². The molecule has 0 aromatic heterocycles. The predicted molar refractivity (Wildman–Crippen MR) is 78.7 cm³/mol. The largest absolute Gasteiger partial charge is 0.393 e. The molecule has 1 nitrogen and oxygen atoms in total. The van der Waals surface area contributed by atoms with Crippen LogP contribution in [0.4, 0.5) is 0 Å². The van der Waals surface area contributed by atoms with Crippen LogP contribution in [-0.2, 0) is 6.42 Å². The van der Waals surface area contributed by atoms with E-state index >= 15 is 0 Å². The second kappa shape index (κ2) is 8.93. The van der Waals surface area contributed by atoms with Gasteiger partial charge in [0.25, 0.3) is 0 Å². The number of aliphatic hydroxyl groups excluding tert-OH is 1. The van der Waals surface area contributed by atoms with Crippen LogP contribution in [0.3, 0.4) is 0 Å². The highest BCUT2D eigenvalue weighted by molar-refractivity contribution is 5.15. The molecule has 1 heteroatoms. The Morgan fingerprint density at radius 1 is 1.28 bits per heavy atom. The molecule has 0 saturated carbocycles. The van der Waals surface area contributed by atoms with Gasteiger partial charge in [-0.15, -0.1) is 0 Å². The van der Waals surface area contributed by atoms with Gasteiger partial charge >= 0.3 is 0 Å². The Kier molecular flexibility index (Phi) is 7.43. The van der Waals surface area contributed by atoms with Crippen LogP contribution in [0.15, 0.2) is 42.0 Å². The van der Waals surface area contributed by atoms with E-state index in [4.69, 9.17) is 0 Å². The molecular formula is C17H26O. The number of unbranched alkanes of at least 4 members (excludes halogenated alkanes) is 1. The van der Waals surface area contributed by atoms with Crippen molar-refractivity contribution in [3.63, 3.8) is 0 Å². The lowest BCUT2D eigenvalue weighted by Crippen LogP contribution is -2.06. The number of aliphatic hydroxyl groups is 1. The van der Waals surface area contributed by atoms with Crippen molar-refractivity contribution in [3.8, 4) is 0 Å². The highest BCUT2D eigenvalue weighted by Crippen LogP contribution is 2.12. The number of aryl methyl sites for hydroxylation is 1. The smallest absolute Gasteiger partial charge is 0.0577 e. The van der Waals surface area contributed by atoms with Crippen LogP contribution >= 0.6 is 0 Å². The SMILES string of the molecule is CCCCC(O)C/C(C)=C/CCc1ccccc1. The fourth-order valence-corrected chi connectivity index (χ4v) is 2.13. The summed E-state index contributed by atoms with van der Waals surface area (Å²) in [6.45, 7) is 4.29. The monoisotopic (exact) mass is 246 g/mol. The number of allylic oxidation sites excluding steroid dienone is 1. The van der Waals surface area contributed by atoms with Gasteiger partial charge in [-0.05, 0) is 38.2 Å². The van der Waals surface area contributed by atoms with E-state index in [0.717, 1.165) is 38.5 Å². The van der Waals surface area contributed by atoms with E-state index in [-0.39, 0.29) is 6.10 Å². The Balaban J connectivity index is 2.25. The molecule has 1 N–H and O–H groups in total. The van der Waals surface area contributed by atoms with Crippen molar-refractivity contribution in [1.82, 2.24) is 0 Å². The fraction of sp³-hybridized carbons (Fsp3) is 0.529. The molecular weight excluding hydrogens is 220 g/mol. The molecule has 1 rings (SSSR count). The molecule has 100 valence electrons. The first kappa shape index (κ1) is 15.0. The molecule has 0 fully saturated rings. The van der Waals surface area contributed by atoms with Crippen molar-refractivity contribution >= 4 is 0 Å². The first-order valence-corrected chi connectivity index (χ1v) is 7.10. The minimum Gasteiger partial charge on any atom is -0.393 e. The highest BCUT2D eigenvalue weighted by Gasteiger charge is 2.03. The molecule has 1 aromatic carbocycles. The van der Waals surface area contributed by atoms with E-state index in [9.17, 15) is 5.11 Å². The average Bonchev–Trinajstić information content (AvgIpc) is 2.37. The van der Waals surface area contributed by atoms with Gasteiger partial charge in [-0.2, -0.15) is 0 Å². The third-order valence-electron chi connectivity index (χ3n) is 3.22. The standard InChI is InChI=1S/C17H26O/c1-3-4-13-17(18)14-15(2)9-8-12-16-10-6-5-7-11-16/h5-7,9-11,17-18H,3-4,8,12-14H2,1-2H3/b15-9+. The fourth-order valence-electron chi connectivity index (χ4n) is 2.13. The van der Waals surface area contributed by atoms with Crippen LogP contribution in [0.1, 0.15) is 51.5 Å². The molecule has 0 spiro atoms. The van der Waals surface area contributed by atoms with Crippen molar-refractivity contribution in [2.75, 3.05) is 0 Å². The van der Waals surface area contributed by atoms with E-state index in [1.54, 1.807) is 0 Å². The molecule has 1 unspecified atom stereocenters. The summed E-state index contributed by atoms with van der Waals surface area (Å²) in [5.41, 5.74) is 2.70. The number of hydrogen-bond acceptors (Lipinski definition) is 1. The molecule has 0 heterocycles. The average molecular weight is 246 g/mol. The highest BCUT2D eigenvalue weighted by atomic mass is 16.3. The van der Waals surface area contributed by atoms with Gasteiger partial charge in [-0.1, -0.05) is 61.7 Å². The summed E-state index contributed by atoms with van der Waals surface area (Å²) in [6, 6.07) is 10.5. The molecule has 1 aromatic rings. The van der Waals surface area contributed by atoms with Crippen molar-refractivity contribution < 1.29 is 5.11 Å². The lowest BCUT2D eigenvalue weighted by Gasteiger charge is -2.10. The topological polar surface area (TPSA) is 20.2 Å². The molecule has 0 aliphatic carbocycles. The summed E-state index contributed by atoms with van der Waals surface area (Å²) in [5, 5.41) is 9.83. The number of rotatable bonds is 8. The van der Waals surface area contributed by atoms with Gasteiger partial charge in [0.15, 0.2) is 0 Å². The quantitative estimate of drug-likeness (QED) is 0.669. The molecule has 18 heavy (non-hydrogen) atoms. The Bertz CT molecular complexity index is 340. The van der Waals surface area contributed by atoms with E-state index in [1.807, 2.05) is 0 Å². The molecule has 0 bridgehead atoms. The van der Waals surface area contributed by atoms with Crippen LogP contribution < -0.4 is 0 Å². The molecule has 0 aliphatic heterocycles. The Morgan fingerprint density at radius 2 is 2.00 bits per heavy atom. The van der Waals surface area contributed by atoms with Crippen molar-refractivity contribution in [1.29, 1.82) is 0 Å². The third kappa shape index (κ3) is 6.61. The zero-order chi connectivity index (χ0) is 13.2. The summed E-state index contributed by atoms with van der Waals surface area (Å²) < 4.78 is 0. The van der Waals surface area contributed by atoms with Crippen LogP contribution in [0, 0.1) is 0 Å². The molecule has 0 saturated heterocycles. The van der Waals surface area contributed by atoms with Crippen LogP contribution in [0.25, 0.3) is 0 Å². The first-order chi connectivity index (χ1) is 8.72. The van der Waals surface area contributed by atoms with Gasteiger partial charge in [0.05, 0.1) is 6.10 Å². The molecule has 1 atom stereocenters. The van der Waals surface area contributed by atoms with Gasteiger partial charge in [-0.25, -0.2) is 0 Å². The van der Waals surface area contributed by atoms with Crippen molar-refractivity contribution in [2.45, 2.75) is 58.5 Å². The maximum Gasteiger partial charge on any atom is 0.0577 e. The zero-order valence-electron chi connectivity index (χ0n) is 11.7. The first-order valence-electron chi connectivity index (χ1n) is 7.10. The van der Waals surface area contributed by atoms with E-state index in [1.165, 1.54) is 11.1 Å². The lowest BCUT2D eigenvalue weighted by atomic mass is 10.0. The second-order valence-corrected chi connectivity index (χ2v) is 5.07. The van der Waals surface area contributed by atoms with Crippen molar-refractivity contribution in [3.05, 3.63) is 47.5 Å². The minimum absolute atomic E-state index is 0.155. The second-order valence-electron chi connectivity index (χ2n) is 5.07. The Labute approximate surface area is 112 Å². The number of benzene rings is 1. The van der Waals surface area contributed by atoms with Gasteiger partial charge in [0.1, 0.15) is 0 Å². The van der Waals surface area contributed by atoms with Crippen LogP contribution in [0.5, 0.6) is 0 Å². The predicted octanol–water partition coefficient (Wildman–Crippen LogP) is 4.51. The van der Waals surface area contributed by atoms with E-state index < -0.39 is 0 Å². The van der Waals surface area contributed by atoms with Gasteiger partial charge in [0, 0.05) is 0 Å². The summed E-state index contributed by atoms with van der Waals surface area (Å²) >= 11 is 0. The maximum atomic E-state index is 9.83. The van der Waals surface area contributed by atoms with Crippen molar-refractivity contribution in [2.24, 2.45) is 0 Å². The summed E-state index contributed by atoms with van der Waals surface area (Å²) in [7, 11) is 0. The maximum absolute atomic E-state index is 9.83. The normalized spacial score (nSPS) is 13.6. The molecule has 0 amide bonds. The Hall–Kier alpha value is -1.08. The van der Waals surface area contributed by atoms with Gasteiger partial charge in [-0.3, -0.25) is 0 Å². The summed E-state index contributed by atoms with van der Waals surface area (Å²) in [5.74, 6) is 0. The van der Waals surface area contributed by atoms with Gasteiger partial charge < -0.3 is 5.11 Å². The minimum atomic E-state index is -0.155. The molecule has 0 radical (unpaired) electrons. The summed E-state index contributed by atoms with van der Waals surface area (Å²) in [4.78, 5) is 0. The van der Waals surface area contributed by atoms with E-state index in [0.29, 0.717) is 0 Å².